The summed E-state index contributed by atoms with van der Waals surface area (Å²) in [6.45, 7) is 5.79. The number of nitrogens with zero attached hydrogens (tertiary/aromatic N) is 1. The number of carbonyl (C=O) groups is 1. The van der Waals surface area contributed by atoms with E-state index in [1.54, 1.807) is 24.3 Å². The van der Waals surface area contributed by atoms with Crippen molar-refractivity contribution in [3.05, 3.63) is 53.6 Å². The predicted octanol–water partition coefficient (Wildman–Crippen LogP) is 3.46. The Hall–Kier alpha value is -2.25. The lowest BCUT2D eigenvalue weighted by molar-refractivity contribution is -0.128. The molecular weight excluding hydrogens is 400 g/mol. The SMILES string of the molecule is CC(C)[C@@H](C)NC(=O)[C@@H]1CN(S(=O)(=O)c2ccc(Cl)cc2)c2ccccc2O1. The summed E-state index contributed by atoms with van der Waals surface area (Å²) in [7, 11) is -3.89. The number of nitrogens with one attached hydrogen (secondary N) is 1. The topological polar surface area (TPSA) is 75.7 Å². The first-order valence-corrected chi connectivity index (χ1v) is 10.9. The van der Waals surface area contributed by atoms with Crippen molar-refractivity contribution < 1.29 is 17.9 Å². The van der Waals surface area contributed by atoms with Crippen LogP contribution in [-0.4, -0.2) is 33.0 Å². The van der Waals surface area contributed by atoms with Crippen LogP contribution in [0.5, 0.6) is 5.75 Å². The molecule has 0 bridgehead atoms. The van der Waals surface area contributed by atoms with E-state index in [1.165, 1.54) is 28.6 Å². The van der Waals surface area contributed by atoms with E-state index in [0.29, 0.717) is 16.5 Å². The van der Waals surface area contributed by atoms with Crippen LogP contribution in [0.25, 0.3) is 0 Å². The molecule has 2 atom stereocenters. The van der Waals surface area contributed by atoms with Crippen LogP contribution in [0.4, 0.5) is 5.69 Å². The summed E-state index contributed by atoms with van der Waals surface area (Å²) >= 11 is 5.89. The first-order chi connectivity index (χ1) is 13.2. The molecule has 0 radical (unpaired) electrons. The summed E-state index contributed by atoms with van der Waals surface area (Å²) < 4.78 is 33.5. The average molecular weight is 423 g/mol. The maximum atomic E-state index is 13.3. The molecule has 0 spiro atoms. The first kappa shape index (κ1) is 20.5. The van der Waals surface area contributed by atoms with Crippen molar-refractivity contribution in [2.24, 2.45) is 5.92 Å². The van der Waals surface area contributed by atoms with Crippen LogP contribution in [0, 0.1) is 5.92 Å². The first-order valence-electron chi connectivity index (χ1n) is 9.04. The second kappa shape index (κ2) is 8.01. The van der Waals surface area contributed by atoms with Crippen LogP contribution in [0.1, 0.15) is 20.8 Å². The number of anilines is 1. The third kappa shape index (κ3) is 4.10. The molecule has 0 saturated heterocycles. The molecule has 0 aliphatic carbocycles. The van der Waals surface area contributed by atoms with Gasteiger partial charge in [0.1, 0.15) is 5.75 Å². The number of hydrogen-bond donors (Lipinski definition) is 1. The van der Waals surface area contributed by atoms with Gasteiger partial charge in [-0.05, 0) is 49.2 Å². The van der Waals surface area contributed by atoms with Crippen LogP contribution < -0.4 is 14.4 Å². The van der Waals surface area contributed by atoms with Gasteiger partial charge in [-0.3, -0.25) is 9.10 Å². The van der Waals surface area contributed by atoms with Gasteiger partial charge in [-0.1, -0.05) is 37.6 Å². The number of carbonyl (C=O) groups excluding carboxylic acids is 1. The molecule has 6 nitrogen and oxygen atoms in total. The lowest BCUT2D eigenvalue weighted by atomic mass is 10.1. The quantitative estimate of drug-likeness (QED) is 0.800. The second-order valence-electron chi connectivity index (χ2n) is 7.11. The van der Waals surface area contributed by atoms with E-state index in [0.717, 1.165) is 0 Å². The van der Waals surface area contributed by atoms with E-state index in [4.69, 9.17) is 16.3 Å². The minimum atomic E-state index is -3.89. The summed E-state index contributed by atoms with van der Waals surface area (Å²) in [6, 6.07) is 12.7. The van der Waals surface area contributed by atoms with E-state index in [-0.39, 0.29) is 29.3 Å². The van der Waals surface area contributed by atoms with Crippen LogP contribution in [0.2, 0.25) is 5.02 Å². The highest BCUT2D eigenvalue weighted by Crippen LogP contribution is 2.37. The lowest BCUT2D eigenvalue weighted by Crippen LogP contribution is -2.52. The Balaban J connectivity index is 1.96. The summed E-state index contributed by atoms with van der Waals surface area (Å²) in [6.07, 6.45) is -0.946. The van der Waals surface area contributed by atoms with Gasteiger partial charge in [0, 0.05) is 11.1 Å². The van der Waals surface area contributed by atoms with Gasteiger partial charge in [-0.15, -0.1) is 0 Å². The molecule has 0 unspecified atom stereocenters. The van der Waals surface area contributed by atoms with E-state index in [9.17, 15) is 13.2 Å². The van der Waals surface area contributed by atoms with Gasteiger partial charge in [-0.25, -0.2) is 8.42 Å². The third-order valence-electron chi connectivity index (χ3n) is 4.80. The molecule has 1 N–H and O–H groups in total. The van der Waals surface area contributed by atoms with Gasteiger partial charge in [0.25, 0.3) is 15.9 Å². The van der Waals surface area contributed by atoms with Gasteiger partial charge >= 0.3 is 0 Å². The Labute approximate surface area is 170 Å². The number of fused-ring (bicyclic) bond motifs is 1. The van der Waals surface area contributed by atoms with Crippen LogP contribution in [-0.2, 0) is 14.8 Å². The predicted molar refractivity (Wildman–Crippen MR) is 109 cm³/mol. The fourth-order valence-electron chi connectivity index (χ4n) is 2.78. The molecule has 2 aromatic rings. The number of amides is 1. The maximum absolute atomic E-state index is 13.3. The van der Waals surface area contributed by atoms with E-state index >= 15 is 0 Å². The highest BCUT2D eigenvalue weighted by atomic mass is 35.5. The molecule has 1 aliphatic rings. The Kier molecular flexibility index (Phi) is 5.86. The van der Waals surface area contributed by atoms with Crippen molar-refractivity contribution >= 4 is 33.2 Å². The van der Waals surface area contributed by atoms with Crippen LogP contribution in [0.15, 0.2) is 53.4 Å². The van der Waals surface area contributed by atoms with Gasteiger partial charge in [-0.2, -0.15) is 0 Å². The number of ether oxygens (including phenoxy) is 1. The number of benzene rings is 2. The molecule has 2 aromatic carbocycles. The van der Waals surface area contributed by atoms with Crippen LogP contribution >= 0.6 is 11.6 Å². The molecule has 1 aliphatic heterocycles. The smallest absolute Gasteiger partial charge is 0.264 e. The van der Waals surface area contributed by atoms with Gasteiger partial charge in [0.05, 0.1) is 17.1 Å². The summed E-state index contributed by atoms with van der Waals surface area (Å²) in [5.74, 6) is 0.254. The third-order valence-corrected chi connectivity index (χ3v) is 6.84. The highest BCUT2D eigenvalue weighted by Gasteiger charge is 2.37. The highest BCUT2D eigenvalue weighted by molar-refractivity contribution is 7.92. The Bertz CT molecular complexity index is 960. The Morgan fingerprint density at radius 2 is 1.79 bits per heavy atom. The molecule has 1 amide bonds. The number of sulfonamides is 1. The van der Waals surface area contributed by atoms with Gasteiger partial charge in [0.15, 0.2) is 6.10 Å². The Morgan fingerprint density at radius 3 is 2.43 bits per heavy atom. The Morgan fingerprint density at radius 1 is 1.14 bits per heavy atom. The van der Waals surface area contributed by atoms with Gasteiger partial charge in [0.2, 0.25) is 0 Å². The molecule has 3 rings (SSSR count). The minimum Gasteiger partial charge on any atom is -0.476 e. The van der Waals surface area contributed by atoms with Crippen molar-refractivity contribution in [3.63, 3.8) is 0 Å². The zero-order chi connectivity index (χ0) is 20.5. The fourth-order valence-corrected chi connectivity index (χ4v) is 4.39. The average Bonchev–Trinajstić information content (AvgIpc) is 2.67. The van der Waals surface area contributed by atoms with E-state index in [2.05, 4.69) is 5.32 Å². The molecule has 0 saturated carbocycles. The zero-order valence-electron chi connectivity index (χ0n) is 15.9. The summed E-state index contributed by atoms with van der Waals surface area (Å²) in [4.78, 5) is 12.8. The number of hydrogen-bond acceptors (Lipinski definition) is 4. The molecule has 0 fully saturated rings. The monoisotopic (exact) mass is 422 g/mol. The number of halogens is 1. The van der Waals surface area contributed by atoms with Crippen LogP contribution in [0.3, 0.4) is 0 Å². The normalized spacial score (nSPS) is 17.6. The van der Waals surface area contributed by atoms with E-state index < -0.39 is 16.1 Å². The summed E-state index contributed by atoms with van der Waals surface area (Å²) in [5, 5.41) is 3.34. The van der Waals surface area contributed by atoms with Crippen molar-refractivity contribution in [1.82, 2.24) is 5.32 Å². The fraction of sp³-hybridized carbons (Fsp3) is 0.350. The molecule has 0 aromatic heterocycles. The van der Waals surface area contributed by atoms with Crippen molar-refractivity contribution in [3.8, 4) is 5.75 Å². The molecule has 150 valence electrons. The van der Waals surface area contributed by atoms with Crippen molar-refractivity contribution in [1.29, 1.82) is 0 Å². The van der Waals surface area contributed by atoms with Crippen molar-refractivity contribution in [2.75, 3.05) is 10.8 Å². The van der Waals surface area contributed by atoms with Crippen molar-refractivity contribution in [2.45, 2.75) is 37.8 Å². The molecule has 28 heavy (non-hydrogen) atoms. The summed E-state index contributed by atoms with van der Waals surface area (Å²) in [5.41, 5.74) is 0.401. The minimum absolute atomic E-state index is 0.0606. The lowest BCUT2D eigenvalue weighted by Gasteiger charge is -2.35. The van der Waals surface area contributed by atoms with Gasteiger partial charge < -0.3 is 10.1 Å². The maximum Gasteiger partial charge on any atom is 0.264 e. The standard InChI is InChI=1S/C20H23ClN2O4S/c1-13(2)14(3)22-20(24)19-12-23(17-6-4-5-7-18(17)27-19)28(25,26)16-10-8-15(21)9-11-16/h4-11,13-14,19H,12H2,1-3H3,(H,22,24)/t14-,19+/m1/s1. The second-order valence-corrected chi connectivity index (χ2v) is 9.40. The number of para-hydroxylation sites is 2. The molecular formula is C20H23ClN2O4S. The molecule has 1 heterocycles. The number of rotatable bonds is 5. The molecule has 8 heteroatoms. The largest absolute Gasteiger partial charge is 0.476 e. The van der Waals surface area contributed by atoms with E-state index in [1.807, 2.05) is 20.8 Å². The zero-order valence-corrected chi connectivity index (χ0v) is 17.5.